The van der Waals surface area contributed by atoms with E-state index in [0.29, 0.717) is 17.1 Å². The van der Waals surface area contributed by atoms with Gasteiger partial charge in [0.05, 0.1) is 6.26 Å². The molecule has 0 saturated heterocycles. The van der Waals surface area contributed by atoms with Gasteiger partial charge in [-0.2, -0.15) is 0 Å². The third-order valence-corrected chi connectivity index (χ3v) is 6.35. The van der Waals surface area contributed by atoms with Crippen molar-refractivity contribution in [2.45, 2.75) is 37.8 Å². The average Bonchev–Trinajstić information content (AvgIpc) is 3.66. The van der Waals surface area contributed by atoms with Crippen LogP contribution in [0.5, 0.6) is 5.75 Å². The number of H-pyrrole nitrogens is 1. The predicted molar refractivity (Wildman–Crippen MR) is 133 cm³/mol. The van der Waals surface area contributed by atoms with Gasteiger partial charge in [0, 0.05) is 23.5 Å². The van der Waals surface area contributed by atoms with Crippen LogP contribution in [0.2, 0.25) is 0 Å². The van der Waals surface area contributed by atoms with Gasteiger partial charge < -0.3 is 19.8 Å². The van der Waals surface area contributed by atoms with Crippen molar-refractivity contribution < 1.29 is 19.1 Å². The zero-order chi connectivity index (χ0) is 24.2. The maximum Gasteiger partial charge on any atom is 0.275 e. The maximum absolute atomic E-state index is 14.0. The first-order chi connectivity index (χ1) is 17.1. The molecule has 1 saturated carbocycles. The molecule has 4 aromatic rings. The number of nitrogens with zero attached hydrogens (tertiary/aromatic N) is 1. The van der Waals surface area contributed by atoms with E-state index in [-0.39, 0.29) is 17.7 Å². The van der Waals surface area contributed by atoms with Gasteiger partial charge >= 0.3 is 0 Å². The number of hydrogen-bond donors (Lipinski definition) is 3. The van der Waals surface area contributed by atoms with E-state index >= 15 is 0 Å². The Balaban J connectivity index is 1.56. The highest BCUT2D eigenvalue weighted by atomic mass is 16.3. The van der Waals surface area contributed by atoms with Crippen molar-refractivity contribution in [3.8, 4) is 17.0 Å². The number of rotatable bonds is 7. The summed E-state index contributed by atoms with van der Waals surface area (Å²) in [4.78, 5) is 32.2. The van der Waals surface area contributed by atoms with Gasteiger partial charge in [0.25, 0.3) is 11.8 Å². The number of aromatic nitrogens is 1. The van der Waals surface area contributed by atoms with Crippen LogP contribution in [0, 0.1) is 0 Å². The van der Waals surface area contributed by atoms with E-state index < -0.39 is 11.9 Å². The van der Waals surface area contributed by atoms with Crippen LogP contribution in [-0.4, -0.2) is 27.9 Å². The predicted octanol–water partition coefficient (Wildman–Crippen LogP) is 5.43. The van der Waals surface area contributed by atoms with Crippen LogP contribution in [0.3, 0.4) is 0 Å². The number of phenols is 1. The van der Waals surface area contributed by atoms with Crippen molar-refractivity contribution in [3.05, 3.63) is 96.6 Å². The molecule has 35 heavy (non-hydrogen) atoms. The summed E-state index contributed by atoms with van der Waals surface area (Å²) in [7, 11) is 0. The van der Waals surface area contributed by atoms with Crippen LogP contribution < -0.4 is 10.2 Å². The largest absolute Gasteiger partial charge is 0.508 e. The SMILES string of the molecule is O=C(NC1CCCC1)C(c1ccco1)N(C(=O)c1ccc(-c2ccccc2)[nH]1)c1cccc(O)c1. The summed E-state index contributed by atoms with van der Waals surface area (Å²) in [6.07, 6.45) is 5.44. The molecule has 1 aliphatic carbocycles. The number of aromatic hydroxyl groups is 1. The highest BCUT2D eigenvalue weighted by Gasteiger charge is 2.37. The first kappa shape index (κ1) is 22.5. The second-order valence-corrected chi connectivity index (χ2v) is 8.75. The average molecular weight is 470 g/mol. The molecule has 1 aliphatic rings. The minimum Gasteiger partial charge on any atom is -0.508 e. The number of nitrogens with one attached hydrogen (secondary N) is 2. The molecule has 178 valence electrons. The summed E-state index contributed by atoms with van der Waals surface area (Å²) in [5.74, 6) is -0.405. The van der Waals surface area contributed by atoms with Gasteiger partial charge in [0.15, 0.2) is 6.04 Å². The molecule has 2 aromatic carbocycles. The van der Waals surface area contributed by atoms with E-state index in [1.165, 1.54) is 23.3 Å². The Labute approximate surface area is 203 Å². The molecule has 0 radical (unpaired) electrons. The Kier molecular flexibility index (Phi) is 6.39. The number of anilines is 1. The molecule has 5 rings (SSSR count). The second-order valence-electron chi connectivity index (χ2n) is 8.75. The maximum atomic E-state index is 14.0. The molecular formula is C28H27N3O4. The van der Waals surface area contributed by atoms with Gasteiger partial charge in [0.2, 0.25) is 0 Å². The van der Waals surface area contributed by atoms with Crippen LogP contribution in [-0.2, 0) is 4.79 Å². The number of aromatic amines is 1. The molecule has 2 amide bonds. The van der Waals surface area contributed by atoms with Crippen molar-refractivity contribution in [1.29, 1.82) is 0 Å². The van der Waals surface area contributed by atoms with E-state index in [1.54, 1.807) is 30.3 Å². The van der Waals surface area contributed by atoms with Crippen LogP contribution in [0.4, 0.5) is 5.69 Å². The lowest BCUT2D eigenvalue weighted by Gasteiger charge is -2.30. The summed E-state index contributed by atoms with van der Waals surface area (Å²) >= 11 is 0. The van der Waals surface area contributed by atoms with Crippen molar-refractivity contribution in [2.75, 3.05) is 4.90 Å². The van der Waals surface area contributed by atoms with Gasteiger partial charge in [-0.1, -0.05) is 49.2 Å². The van der Waals surface area contributed by atoms with Crippen molar-refractivity contribution in [1.82, 2.24) is 10.3 Å². The van der Waals surface area contributed by atoms with Crippen LogP contribution >= 0.6 is 0 Å². The molecule has 0 bridgehead atoms. The Morgan fingerprint density at radius 1 is 0.971 bits per heavy atom. The minimum absolute atomic E-state index is 0.00819. The van der Waals surface area contributed by atoms with Gasteiger partial charge in [0.1, 0.15) is 17.2 Å². The Morgan fingerprint density at radius 3 is 2.49 bits per heavy atom. The van der Waals surface area contributed by atoms with Gasteiger partial charge in [-0.15, -0.1) is 0 Å². The fraction of sp³-hybridized carbons (Fsp3) is 0.214. The molecular weight excluding hydrogens is 442 g/mol. The molecule has 7 nitrogen and oxygen atoms in total. The zero-order valence-electron chi connectivity index (χ0n) is 19.2. The topological polar surface area (TPSA) is 98.6 Å². The first-order valence-corrected chi connectivity index (χ1v) is 11.8. The van der Waals surface area contributed by atoms with Crippen molar-refractivity contribution >= 4 is 17.5 Å². The number of hydrogen-bond acceptors (Lipinski definition) is 4. The molecule has 3 N–H and O–H groups in total. The van der Waals surface area contributed by atoms with Crippen LogP contribution in [0.15, 0.2) is 89.5 Å². The molecule has 1 fully saturated rings. The standard InChI is InChI=1S/C28H27N3O4/c32-22-13-6-12-21(18-22)31(28(34)24-16-15-23(30-24)19-8-2-1-3-9-19)26(25-14-7-17-35-25)27(33)29-20-10-4-5-11-20/h1-3,6-9,12-18,20,26,30,32H,4-5,10-11H2,(H,29,33). The molecule has 1 atom stereocenters. The van der Waals surface area contributed by atoms with Crippen LogP contribution in [0.1, 0.15) is 48.0 Å². The quantitative estimate of drug-likeness (QED) is 0.336. The molecule has 0 aliphatic heterocycles. The van der Waals surface area contributed by atoms with Gasteiger partial charge in [-0.3, -0.25) is 14.5 Å². The lowest BCUT2D eigenvalue weighted by Crippen LogP contribution is -2.46. The van der Waals surface area contributed by atoms with E-state index in [1.807, 2.05) is 36.4 Å². The second kappa shape index (κ2) is 9.93. The lowest BCUT2D eigenvalue weighted by molar-refractivity contribution is -0.123. The number of carbonyl (C=O) groups excluding carboxylic acids is 2. The fourth-order valence-corrected chi connectivity index (χ4v) is 4.63. The highest BCUT2D eigenvalue weighted by molar-refractivity contribution is 6.09. The molecule has 7 heteroatoms. The van der Waals surface area contributed by atoms with Gasteiger partial charge in [-0.05, 0) is 54.8 Å². The smallest absolute Gasteiger partial charge is 0.275 e. The Bertz CT molecular complexity index is 1290. The summed E-state index contributed by atoms with van der Waals surface area (Å²) < 4.78 is 5.65. The number of benzene rings is 2. The number of amides is 2. The van der Waals surface area contributed by atoms with E-state index in [4.69, 9.17) is 4.42 Å². The molecule has 2 heterocycles. The van der Waals surface area contributed by atoms with E-state index in [2.05, 4.69) is 10.3 Å². The lowest BCUT2D eigenvalue weighted by atomic mass is 10.1. The summed E-state index contributed by atoms with van der Waals surface area (Å²) in [6.45, 7) is 0. The highest BCUT2D eigenvalue weighted by Crippen LogP contribution is 2.33. The van der Waals surface area contributed by atoms with Gasteiger partial charge in [-0.25, -0.2) is 0 Å². The van der Waals surface area contributed by atoms with Crippen molar-refractivity contribution in [3.63, 3.8) is 0 Å². The first-order valence-electron chi connectivity index (χ1n) is 11.8. The third kappa shape index (κ3) is 4.84. The Morgan fingerprint density at radius 2 is 1.77 bits per heavy atom. The van der Waals surface area contributed by atoms with Crippen molar-refractivity contribution in [2.24, 2.45) is 0 Å². The normalized spacial score (nSPS) is 14.5. The van der Waals surface area contributed by atoms with E-state index in [9.17, 15) is 14.7 Å². The van der Waals surface area contributed by atoms with E-state index in [0.717, 1.165) is 36.9 Å². The number of phenolic OH excluding ortho intramolecular Hbond substituents is 1. The number of carbonyl (C=O) groups is 2. The summed E-state index contributed by atoms with van der Waals surface area (Å²) in [6, 6.07) is 21.9. The monoisotopic (exact) mass is 469 g/mol. The fourth-order valence-electron chi connectivity index (χ4n) is 4.63. The van der Waals surface area contributed by atoms with Crippen LogP contribution in [0.25, 0.3) is 11.3 Å². The molecule has 1 unspecified atom stereocenters. The number of furan rings is 1. The summed E-state index contributed by atoms with van der Waals surface area (Å²) in [5.41, 5.74) is 2.43. The Hall–Kier alpha value is -4.26. The zero-order valence-corrected chi connectivity index (χ0v) is 19.2. The molecule has 2 aromatic heterocycles. The summed E-state index contributed by atoms with van der Waals surface area (Å²) in [5, 5.41) is 13.3. The third-order valence-electron chi connectivity index (χ3n) is 6.35. The molecule has 0 spiro atoms. The minimum atomic E-state index is -1.05.